The highest BCUT2D eigenvalue weighted by molar-refractivity contribution is 14.1. The average Bonchev–Trinajstić information content (AvgIpc) is 2.42. The number of cyclic esters (lactones) is 1. The van der Waals surface area contributed by atoms with Crippen LogP contribution < -0.4 is 0 Å². The van der Waals surface area contributed by atoms with Gasteiger partial charge in [0.25, 0.3) is 5.78 Å². The molecule has 1 unspecified atom stereocenters. The highest BCUT2D eigenvalue weighted by atomic mass is 127. The van der Waals surface area contributed by atoms with Gasteiger partial charge < -0.3 is 14.9 Å². The molecule has 0 aromatic heterocycles. The van der Waals surface area contributed by atoms with Gasteiger partial charge in [-0.1, -0.05) is 0 Å². The molecule has 13 heavy (non-hydrogen) atoms. The normalized spacial score (nSPS) is 30.4. The first-order valence-electron chi connectivity index (χ1n) is 3.43. The Kier molecular flexibility index (Phi) is 3.59. The highest BCUT2D eigenvalue weighted by Crippen LogP contribution is 2.20. The fourth-order valence-corrected chi connectivity index (χ4v) is 1.50. The van der Waals surface area contributed by atoms with Gasteiger partial charge in [0, 0.05) is 0 Å². The molecular formula is C6H7IO6. The first-order chi connectivity index (χ1) is 6.11. The molecule has 1 heterocycles. The Balaban J connectivity index is 2.76. The smallest absolute Gasteiger partial charge is 0.378 e. The maximum atomic E-state index is 11.0. The van der Waals surface area contributed by atoms with Crippen LogP contribution in [0.5, 0.6) is 0 Å². The van der Waals surface area contributed by atoms with E-state index in [0.29, 0.717) is 0 Å². The summed E-state index contributed by atoms with van der Waals surface area (Å²) in [4.78, 5) is 21.7. The lowest BCUT2D eigenvalue weighted by atomic mass is 10.1. The Morgan fingerprint density at radius 3 is 2.69 bits per heavy atom. The third kappa shape index (κ3) is 1.98. The fraction of sp³-hybridized carbons (Fsp3) is 0.667. The number of aliphatic hydroxyl groups is 2. The molecule has 0 aliphatic carbocycles. The first-order valence-corrected chi connectivity index (χ1v) is 4.31. The fourth-order valence-electron chi connectivity index (χ4n) is 0.984. The van der Waals surface area contributed by atoms with E-state index in [1.807, 2.05) is 0 Å². The largest absolute Gasteiger partial charge is 0.450 e. The van der Waals surface area contributed by atoms with Crippen LogP contribution in [0.2, 0.25) is 0 Å². The second-order valence-corrected chi connectivity index (χ2v) is 3.00. The van der Waals surface area contributed by atoms with Crippen LogP contribution in [0, 0.1) is 0 Å². The molecule has 2 N–H and O–H groups in total. The van der Waals surface area contributed by atoms with Gasteiger partial charge in [-0.05, 0) is 0 Å². The standard InChI is InChI=1S/C6H7IO6/c7-13-5-3(10)6(11)12-4(5)2(9)1-8/h2,4-5,8-9H,1H2/t2-,4+,5?/m0/s1. The number of hydrogen-bond donors (Lipinski definition) is 2. The van der Waals surface area contributed by atoms with Crippen molar-refractivity contribution >= 4 is 34.8 Å². The zero-order chi connectivity index (χ0) is 10.0. The van der Waals surface area contributed by atoms with E-state index in [2.05, 4.69) is 7.80 Å². The molecule has 0 saturated carbocycles. The van der Waals surface area contributed by atoms with E-state index in [4.69, 9.17) is 10.2 Å². The summed E-state index contributed by atoms with van der Waals surface area (Å²) in [7, 11) is 0. The van der Waals surface area contributed by atoms with Crippen molar-refractivity contribution < 1.29 is 27.6 Å². The SMILES string of the molecule is O=C1O[C@H]([C@@H](O)CO)C(OI)C1=O. The number of hydrogen-bond acceptors (Lipinski definition) is 6. The van der Waals surface area contributed by atoms with Crippen LogP contribution in [0.3, 0.4) is 0 Å². The molecule has 0 amide bonds. The predicted octanol–water partition coefficient (Wildman–Crippen LogP) is -1.43. The van der Waals surface area contributed by atoms with Crippen molar-refractivity contribution in [2.24, 2.45) is 0 Å². The van der Waals surface area contributed by atoms with Crippen LogP contribution in [-0.4, -0.2) is 46.9 Å². The van der Waals surface area contributed by atoms with Crippen molar-refractivity contribution in [1.82, 2.24) is 0 Å². The van der Waals surface area contributed by atoms with E-state index in [1.54, 1.807) is 0 Å². The number of esters is 1. The molecule has 0 bridgehead atoms. The van der Waals surface area contributed by atoms with Crippen LogP contribution >= 0.6 is 23.0 Å². The number of rotatable bonds is 3. The lowest BCUT2D eigenvalue weighted by Gasteiger charge is -2.17. The summed E-state index contributed by atoms with van der Waals surface area (Å²) < 4.78 is 9.13. The topological polar surface area (TPSA) is 93.1 Å². The lowest BCUT2D eigenvalue weighted by molar-refractivity contribution is -0.151. The van der Waals surface area contributed by atoms with Crippen LogP contribution in [0.4, 0.5) is 0 Å². The minimum Gasteiger partial charge on any atom is -0.450 e. The minimum atomic E-state index is -1.30. The molecule has 1 saturated heterocycles. The van der Waals surface area contributed by atoms with Gasteiger partial charge in [-0.25, -0.2) is 4.79 Å². The van der Waals surface area contributed by atoms with Gasteiger partial charge in [0.05, 0.1) is 6.61 Å². The molecule has 0 aromatic rings. The molecule has 1 rings (SSSR count). The van der Waals surface area contributed by atoms with E-state index < -0.39 is 36.7 Å². The maximum absolute atomic E-state index is 11.0. The van der Waals surface area contributed by atoms with E-state index >= 15 is 0 Å². The van der Waals surface area contributed by atoms with Gasteiger partial charge in [-0.3, -0.25) is 7.86 Å². The quantitative estimate of drug-likeness (QED) is 0.377. The molecular weight excluding hydrogens is 295 g/mol. The second kappa shape index (κ2) is 4.31. The van der Waals surface area contributed by atoms with Crippen molar-refractivity contribution in [1.29, 1.82) is 0 Å². The van der Waals surface area contributed by atoms with Crippen molar-refractivity contribution in [3.63, 3.8) is 0 Å². The number of carbonyl (C=O) groups is 2. The Morgan fingerprint density at radius 2 is 2.23 bits per heavy atom. The van der Waals surface area contributed by atoms with Gasteiger partial charge >= 0.3 is 5.97 Å². The monoisotopic (exact) mass is 302 g/mol. The summed E-state index contributed by atoms with van der Waals surface area (Å²) in [6.45, 7) is -0.596. The number of halogens is 1. The summed E-state index contributed by atoms with van der Waals surface area (Å²) in [5.74, 6) is -1.88. The molecule has 1 aliphatic rings. The van der Waals surface area contributed by atoms with Crippen LogP contribution in [0.15, 0.2) is 0 Å². The molecule has 1 fully saturated rings. The highest BCUT2D eigenvalue weighted by Gasteiger charge is 2.47. The molecule has 74 valence electrons. The zero-order valence-corrected chi connectivity index (χ0v) is 8.50. The van der Waals surface area contributed by atoms with Crippen molar-refractivity contribution in [3.8, 4) is 0 Å². The molecule has 1 aliphatic heterocycles. The summed E-state index contributed by atoms with van der Waals surface area (Å²) in [6.07, 6.45) is -3.53. The maximum Gasteiger partial charge on any atom is 0.378 e. The number of carbonyl (C=O) groups excluding carboxylic acids is 2. The Labute approximate surface area is 87.5 Å². The number of Topliss-reactive ketones (excluding diaryl/α,β-unsaturated/α-hetero) is 1. The number of aliphatic hydroxyl groups excluding tert-OH is 2. The molecule has 7 heteroatoms. The summed E-state index contributed by atoms with van der Waals surface area (Å²) in [5.41, 5.74) is 0. The zero-order valence-electron chi connectivity index (χ0n) is 6.34. The van der Waals surface area contributed by atoms with Crippen LogP contribution in [0.1, 0.15) is 0 Å². The third-order valence-electron chi connectivity index (χ3n) is 1.66. The van der Waals surface area contributed by atoms with E-state index in [9.17, 15) is 9.59 Å². The van der Waals surface area contributed by atoms with E-state index in [0.717, 1.165) is 0 Å². The van der Waals surface area contributed by atoms with E-state index in [1.165, 1.54) is 23.0 Å². The van der Waals surface area contributed by atoms with Crippen LogP contribution in [0.25, 0.3) is 0 Å². The Morgan fingerprint density at radius 1 is 1.62 bits per heavy atom. The number of ketones is 1. The first kappa shape index (κ1) is 10.8. The Bertz CT molecular complexity index is 229. The third-order valence-corrected chi connectivity index (χ3v) is 2.21. The summed E-state index contributed by atoms with van der Waals surface area (Å²) in [6, 6.07) is 0. The van der Waals surface area contributed by atoms with Crippen molar-refractivity contribution in [3.05, 3.63) is 0 Å². The molecule has 0 spiro atoms. The van der Waals surface area contributed by atoms with Gasteiger partial charge in [0.1, 0.15) is 29.1 Å². The van der Waals surface area contributed by atoms with Gasteiger partial charge in [0.15, 0.2) is 12.2 Å². The second-order valence-electron chi connectivity index (χ2n) is 2.49. The molecule has 3 atom stereocenters. The molecule has 0 radical (unpaired) electrons. The van der Waals surface area contributed by atoms with E-state index in [-0.39, 0.29) is 0 Å². The average molecular weight is 302 g/mol. The Hall–Kier alpha value is -0.250. The summed E-state index contributed by atoms with van der Waals surface area (Å²) >= 11 is 1.43. The predicted molar refractivity (Wildman–Crippen MR) is 46.9 cm³/mol. The van der Waals surface area contributed by atoms with Gasteiger partial charge in [-0.2, -0.15) is 0 Å². The van der Waals surface area contributed by atoms with Crippen molar-refractivity contribution in [2.45, 2.75) is 18.3 Å². The summed E-state index contributed by atoms with van der Waals surface area (Å²) in [5, 5.41) is 17.7. The van der Waals surface area contributed by atoms with Gasteiger partial charge in [-0.15, -0.1) is 0 Å². The number of ether oxygens (including phenoxy) is 1. The molecule has 6 nitrogen and oxygen atoms in total. The van der Waals surface area contributed by atoms with Gasteiger partial charge in [0.2, 0.25) is 0 Å². The van der Waals surface area contributed by atoms with Crippen molar-refractivity contribution in [2.75, 3.05) is 6.61 Å². The lowest BCUT2D eigenvalue weighted by Crippen LogP contribution is -2.39. The minimum absolute atomic E-state index is 0.596. The molecule has 0 aromatic carbocycles. The van der Waals surface area contributed by atoms with Crippen LogP contribution in [-0.2, 0) is 17.4 Å².